The molecule has 4 rings (SSSR count). The number of carbonyl (C=O) groups is 1. The van der Waals surface area contributed by atoms with Gasteiger partial charge in [0.15, 0.2) is 0 Å². The Hall–Kier alpha value is -3.14. The fraction of sp³-hybridized carbons (Fsp3) is 0.160. The number of para-hydroxylation sites is 1. The number of hydrogen-bond donors (Lipinski definition) is 1. The minimum atomic E-state index is -4.12. The molecule has 0 aliphatic rings. The van der Waals surface area contributed by atoms with Crippen LogP contribution in [0.4, 0.5) is 5.95 Å². The van der Waals surface area contributed by atoms with E-state index in [1.54, 1.807) is 19.9 Å². The topological polar surface area (TPSA) is 98.2 Å². The third-order valence-electron chi connectivity index (χ3n) is 5.04. The first kappa shape index (κ1) is 25.0. The molecule has 0 fully saturated rings. The van der Waals surface area contributed by atoms with E-state index >= 15 is 0 Å². The van der Waals surface area contributed by atoms with Crippen molar-refractivity contribution in [2.24, 2.45) is 0 Å². The number of ether oxygens (including phenoxy) is 1. The summed E-state index contributed by atoms with van der Waals surface area (Å²) in [6.07, 6.45) is 0. The number of anilines is 1. The minimum absolute atomic E-state index is 0.0216. The normalized spacial score (nSPS) is 11.4. The van der Waals surface area contributed by atoms with Crippen molar-refractivity contribution < 1.29 is 17.9 Å². The Balaban J connectivity index is 1.75. The number of fused-ring (bicyclic) bond motifs is 1. The molecule has 0 amide bonds. The Labute approximate surface area is 213 Å². The highest BCUT2D eigenvalue weighted by atomic mass is 35.5. The summed E-state index contributed by atoms with van der Waals surface area (Å²) in [5.41, 5.74) is 2.62. The second-order valence-corrected chi connectivity index (χ2v) is 10.6. The van der Waals surface area contributed by atoms with Gasteiger partial charge in [-0.25, -0.2) is 23.1 Å². The molecule has 35 heavy (non-hydrogen) atoms. The second-order valence-electron chi connectivity index (χ2n) is 7.53. The monoisotopic (exact) mass is 527 g/mol. The van der Waals surface area contributed by atoms with Gasteiger partial charge in [0.2, 0.25) is 5.95 Å². The number of benzene rings is 3. The Morgan fingerprint density at radius 2 is 1.77 bits per heavy atom. The number of nitrogens with one attached hydrogen (secondary N) is 1. The van der Waals surface area contributed by atoms with Crippen molar-refractivity contribution in [1.82, 2.24) is 9.97 Å². The molecule has 1 heterocycles. The first-order chi connectivity index (χ1) is 16.8. The summed E-state index contributed by atoms with van der Waals surface area (Å²) in [7, 11) is -4.12. The van der Waals surface area contributed by atoms with Crippen molar-refractivity contribution in [2.75, 3.05) is 17.1 Å². The van der Waals surface area contributed by atoms with E-state index in [0.717, 1.165) is 22.7 Å². The molecule has 4 aromatic rings. The van der Waals surface area contributed by atoms with E-state index in [4.69, 9.17) is 16.3 Å². The van der Waals surface area contributed by atoms with E-state index in [9.17, 15) is 13.2 Å². The molecule has 0 spiro atoms. The van der Waals surface area contributed by atoms with Crippen LogP contribution in [0.1, 0.15) is 12.5 Å². The van der Waals surface area contributed by atoms with Crippen LogP contribution < -0.4 is 4.72 Å². The summed E-state index contributed by atoms with van der Waals surface area (Å²) in [6.45, 7) is 3.66. The van der Waals surface area contributed by atoms with Gasteiger partial charge in [0, 0.05) is 20.9 Å². The van der Waals surface area contributed by atoms with Gasteiger partial charge >= 0.3 is 5.97 Å². The molecule has 1 N–H and O–H groups in total. The predicted molar refractivity (Wildman–Crippen MR) is 139 cm³/mol. The number of esters is 1. The van der Waals surface area contributed by atoms with Crippen LogP contribution in [0.2, 0.25) is 5.02 Å². The summed E-state index contributed by atoms with van der Waals surface area (Å²) in [6, 6.07) is 19.9. The summed E-state index contributed by atoms with van der Waals surface area (Å²) >= 11 is 7.30. The first-order valence-electron chi connectivity index (χ1n) is 10.7. The number of rotatable bonds is 8. The van der Waals surface area contributed by atoms with E-state index in [1.165, 1.54) is 12.1 Å². The summed E-state index contributed by atoms with van der Waals surface area (Å²) in [4.78, 5) is 21.1. The van der Waals surface area contributed by atoms with Gasteiger partial charge in [0.05, 0.1) is 23.6 Å². The Morgan fingerprint density at radius 1 is 1.06 bits per heavy atom. The lowest BCUT2D eigenvalue weighted by molar-refractivity contribution is -0.139. The zero-order chi connectivity index (χ0) is 25.0. The molecule has 0 saturated heterocycles. The molecule has 0 atom stereocenters. The van der Waals surface area contributed by atoms with Crippen LogP contribution >= 0.6 is 23.4 Å². The largest absolute Gasteiger partial charge is 0.465 e. The number of hydrogen-bond acceptors (Lipinski definition) is 7. The zero-order valence-electron chi connectivity index (χ0n) is 19.0. The first-order valence-corrected chi connectivity index (χ1v) is 13.6. The third kappa shape index (κ3) is 5.75. The van der Waals surface area contributed by atoms with Crippen molar-refractivity contribution in [1.29, 1.82) is 0 Å². The molecule has 0 aliphatic carbocycles. The Morgan fingerprint density at radius 3 is 2.51 bits per heavy atom. The van der Waals surface area contributed by atoms with Gasteiger partial charge in [-0.15, -0.1) is 11.8 Å². The maximum atomic E-state index is 13.5. The molecular weight excluding hydrogens is 506 g/mol. The highest BCUT2D eigenvalue weighted by Crippen LogP contribution is 2.33. The van der Waals surface area contributed by atoms with E-state index in [1.807, 2.05) is 48.5 Å². The molecule has 0 saturated carbocycles. The second kappa shape index (κ2) is 10.6. The highest BCUT2D eigenvalue weighted by Gasteiger charge is 2.23. The number of aromatic nitrogens is 2. The van der Waals surface area contributed by atoms with Crippen molar-refractivity contribution in [2.45, 2.75) is 23.6 Å². The fourth-order valence-corrected chi connectivity index (χ4v) is 6.00. The number of sulfonamides is 1. The molecular formula is C25H22ClN3O4S2. The predicted octanol–water partition coefficient (Wildman–Crippen LogP) is 5.71. The molecule has 180 valence electrons. The number of thioether (sulfide) groups is 1. The van der Waals surface area contributed by atoms with Crippen LogP contribution in [0, 0.1) is 6.92 Å². The van der Waals surface area contributed by atoms with Crippen molar-refractivity contribution in [3.8, 4) is 11.3 Å². The number of aryl methyl sites for hydroxylation is 1. The van der Waals surface area contributed by atoms with Gasteiger partial charge in [0.25, 0.3) is 10.0 Å². The van der Waals surface area contributed by atoms with Gasteiger partial charge in [-0.3, -0.25) is 4.79 Å². The maximum Gasteiger partial charge on any atom is 0.316 e. The van der Waals surface area contributed by atoms with Crippen LogP contribution in [0.5, 0.6) is 0 Å². The SMILES string of the molecule is CCOC(=O)CSc1cc(Cl)c(C)cc1S(=O)(=O)Nc1nc(-c2ccccc2)c2ccccc2n1. The Kier molecular flexibility index (Phi) is 7.59. The molecule has 0 bridgehead atoms. The Bertz CT molecular complexity index is 1500. The number of carbonyl (C=O) groups excluding carboxylic acids is 1. The fourth-order valence-electron chi connectivity index (χ4n) is 3.41. The van der Waals surface area contributed by atoms with Gasteiger partial charge in [-0.05, 0) is 37.6 Å². The van der Waals surface area contributed by atoms with E-state index < -0.39 is 16.0 Å². The number of halogens is 1. The summed E-state index contributed by atoms with van der Waals surface area (Å²) in [5.74, 6) is -0.562. The van der Waals surface area contributed by atoms with E-state index in [-0.39, 0.29) is 23.2 Å². The van der Waals surface area contributed by atoms with Crippen LogP contribution in [-0.4, -0.2) is 36.7 Å². The van der Waals surface area contributed by atoms with E-state index in [0.29, 0.717) is 26.7 Å². The van der Waals surface area contributed by atoms with Crippen molar-refractivity contribution in [3.05, 3.63) is 77.3 Å². The lowest BCUT2D eigenvalue weighted by atomic mass is 10.1. The highest BCUT2D eigenvalue weighted by molar-refractivity contribution is 8.01. The summed E-state index contributed by atoms with van der Waals surface area (Å²) < 4.78 is 34.4. The van der Waals surface area contributed by atoms with Crippen LogP contribution in [0.3, 0.4) is 0 Å². The van der Waals surface area contributed by atoms with Crippen molar-refractivity contribution in [3.63, 3.8) is 0 Å². The lowest BCUT2D eigenvalue weighted by Crippen LogP contribution is -2.17. The van der Waals surface area contributed by atoms with Crippen LogP contribution in [-0.2, 0) is 19.6 Å². The maximum absolute atomic E-state index is 13.5. The number of nitrogens with zero attached hydrogens (tertiary/aromatic N) is 2. The van der Waals surface area contributed by atoms with Gasteiger partial charge < -0.3 is 4.74 Å². The molecule has 1 aromatic heterocycles. The lowest BCUT2D eigenvalue weighted by Gasteiger charge is -2.14. The zero-order valence-corrected chi connectivity index (χ0v) is 21.4. The van der Waals surface area contributed by atoms with Gasteiger partial charge in [0.1, 0.15) is 4.90 Å². The molecule has 0 aliphatic heterocycles. The molecule has 7 nitrogen and oxygen atoms in total. The molecule has 3 aromatic carbocycles. The summed E-state index contributed by atoms with van der Waals surface area (Å²) in [5, 5.41) is 1.19. The van der Waals surface area contributed by atoms with Crippen molar-refractivity contribution >= 4 is 56.2 Å². The average Bonchev–Trinajstić information content (AvgIpc) is 2.84. The van der Waals surface area contributed by atoms with E-state index in [2.05, 4.69) is 14.7 Å². The van der Waals surface area contributed by atoms with Gasteiger partial charge in [-0.1, -0.05) is 60.1 Å². The van der Waals surface area contributed by atoms with Gasteiger partial charge in [-0.2, -0.15) is 0 Å². The average molecular weight is 528 g/mol. The standard InChI is InChI=1S/C25H22ClN3O4S2/c1-3-33-23(30)15-34-21-14-19(26)16(2)13-22(21)35(31,32)29-25-27-20-12-8-7-11-18(20)24(28-25)17-9-5-4-6-10-17/h4-14H,3,15H2,1-2H3,(H,27,28,29). The molecule has 0 unspecified atom stereocenters. The minimum Gasteiger partial charge on any atom is -0.465 e. The third-order valence-corrected chi connectivity index (χ3v) is 7.97. The van der Waals surface area contributed by atoms with Crippen LogP contribution in [0.25, 0.3) is 22.2 Å². The smallest absolute Gasteiger partial charge is 0.316 e. The molecule has 0 radical (unpaired) electrons. The van der Waals surface area contributed by atoms with Crippen LogP contribution in [0.15, 0.2) is 76.5 Å². The quantitative estimate of drug-likeness (QED) is 0.231. The molecule has 10 heteroatoms.